The Morgan fingerprint density at radius 2 is 2.20 bits per heavy atom. The van der Waals surface area contributed by atoms with Crippen LogP contribution in [0.4, 0.5) is 0 Å². The lowest BCUT2D eigenvalue weighted by molar-refractivity contribution is -0.119. The quantitative estimate of drug-likeness (QED) is 0.783. The maximum atomic E-state index is 11.0. The summed E-state index contributed by atoms with van der Waals surface area (Å²) < 4.78 is 5.33. The number of hydrogen-bond acceptors (Lipinski definition) is 3. The Morgan fingerprint density at radius 3 is 3.00 bits per heavy atom. The predicted molar refractivity (Wildman–Crippen MR) is 57.1 cm³/mol. The Labute approximate surface area is 87.1 Å². The summed E-state index contributed by atoms with van der Waals surface area (Å²) in [5.74, 6) is -0.166. The molecule has 0 radical (unpaired) electrons. The molecular weight excluding hydrogens is 192 g/mol. The number of nitrogens with one attached hydrogen (secondary N) is 1. The SMILES string of the molecule is NCC(=O)NCc1coc2ccccc12. The number of fused-ring (bicyclic) bond motifs is 1. The summed E-state index contributed by atoms with van der Waals surface area (Å²) in [6.45, 7) is 0.461. The van der Waals surface area contributed by atoms with E-state index in [2.05, 4.69) is 5.32 Å². The molecule has 4 nitrogen and oxygen atoms in total. The van der Waals surface area contributed by atoms with Crippen LogP contribution in [0, 0.1) is 0 Å². The van der Waals surface area contributed by atoms with E-state index >= 15 is 0 Å². The second kappa shape index (κ2) is 4.14. The van der Waals surface area contributed by atoms with Crippen LogP contribution in [0.25, 0.3) is 11.0 Å². The van der Waals surface area contributed by atoms with Gasteiger partial charge in [0.2, 0.25) is 5.91 Å². The van der Waals surface area contributed by atoms with Gasteiger partial charge in [0.15, 0.2) is 0 Å². The van der Waals surface area contributed by atoms with Gasteiger partial charge in [0.25, 0.3) is 0 Å². The molecule has 0 aliphatic heterocycles. The number of hydrogen-bond donors (Lipinski definition) is 2. The molecule has 0 spiro atoms. The normalized spacial score (nSPS) is 10.5. The first-order valence-electron chi connectivity index (χ1n) is 4.73. The molecule has 1 aromatic carbocycles. The van der Waals surface area contributed by atoms with Crippen molar-refractivity contribution in [3.8, 4) is 0 Å². The highest BCUT2D eigenvalue weighted by Gasteiger charge is 2.05. The summed E-state index contributed by atoms with van der Waals surface area (Å²) in [7, 11) is 0. The maximum absolute atomic E-state index is 11.0. The summed E-state index contributed by atoms with van der Waals surface area (Å²) in [4.78, 5) is 11.0. The van der Waals surface area contributed by atoms with Crippen LogP contribution in [0.15, 0.2) is 34.9 Å². The minimum Gasteiger partial charge on any atom is -0.464 e. The molecule has 0 unspecified atom stereocenters. The Bertz CT molecular complexity index is 476. The van der Waals surface area contributed by atoms with E-state index < -0.39 is 0 Å². The van der Waals surface area contributed by atoms with Crippen LogP contribution >= 0.6 is 0 Å². The third-order valence-electron chi connectivity index (χ3n) is 2.22. The molecule has 1 heterocycles. The van der Waals surface area contributed by atoms with E-state index in [4.69, 9.17) is 10.2 Å². The fourth-order valence-electron chi connectivity index (χ4n) is 1.44. The Balaban J connectivity index is 2.18. The molecule has 0 fully saturated rings. The van der Waals surface area contributed by atoms with Crippen LogP contribution in [0.5, 0.6) is 0 Å². The molecule has 2 aromatic rings. The highest BCUT2D eigenvalue weighted by Crippen LogP contribution is 2.20. The number of nitrogens with two attached hydrogens (primary N) is 1. The van der Waals surface area contributed by atoms with Crippen LogP contribution in [0.2, 0.25) is 0 Å². The first-order valence-corrected chi connectivity index (χ1v) is 4.73. The number of carbonyl (C=O) groups excluding carboxylic acids is 1. The van der Waals surface area contributed by atoms with Crippen molar-refractivity contribution < 1.29 is 9.21 Å². The lowest BCUT2D eigenvalue weighted by atomic mass is 10.2. The minimum absolute atomic E-state index is 0.00971. The molecule has 3 N–H and O–H groups in total. The van der Waals surface area contributed by atoms with Crippen molar-refractivity contribution in [3.63, 3.8) is 0 Å². The van der Waals surface area contributed by atoms with E-state index in [-0.39, 0.29) is 12.5 Å². The van der Waals surface area contributed by atoms with Crippen molar-refractivity contribution in [3.05, 3.63) is 36.1 Å². The van der Waals surface area contributed by atoms with Gasteiger partial charge in [-0.15, -0.1) is 0 Å². The average Bonchev–Trinajstić information content (AvgIpc) is 2.69. The van der Waals surface area contributed by atoms with Crippen molar-refractivity contribution in [2.45, 2.75) is 6.54 Å². The zero-order valence-corrected chi connectivity index (χ0v) is 8.19. The van der Waals surface area contributed by atoms with Gasteiger partial charge in [0.05, 0.1) is 12.8 Å². The topological polar surface area (TPSA) is 68.3 Å². The van der Waals surface area contributed by atoms with Crippen LogP contribution in [0.3, 0.4) is 0 Å². The molecule has 0 aliphatic rings. The van der Waals surface area contributed by atoms with Crippen molar-refractivity contribution in [2.75, 3.05) is 6.54 Å². The van der Waals surface area contributed by atoms with Gasteiger partial charge in [-0.2, -0.15) is 0 Å². The number of carbonyl (C=O) groups is 1. The fraction of sp³-hybridized carbons (Fsp3) is 0.182. The maximum Gasteiger partial charge on any atom is 0.234 e. The van der Waals surface area contributed by atoms with E-state index in [1.54, 1.807) is 6.26 Å². The smallest absolute Gasteiger partial charge is 0.234 e. The second-order valence-electron chi connectivity index (χ2n) is 3.24. The molecule has 0 aliphatic carbocycles. The molecule has 0 saturated heterocycles. The Hall–Kier alpha value is -1.81. The second-order valence-corrected chi connectivity index (χ2v) is 3.24. The summed E-state index contributed by atoms with van der Waals surface area (Å²) >= 11 is 0. The molecule has 0 bridgehead atoms. The molecule has 1 aromatic heterocycles. The summed E-state index contributed by atoms with van der Waals surface area (Å²) in [6, 6.07) is 7.70. The highest BCUT2D eigenvalue weighted by atomic mass is 16.3. The van der Waals surface area contributed by atoms with Gasteiger partial charge in [-0.25, -0.2) is 0 Å². The van der Waals surface area contributed by atoms with Gasteiger partial charge in [-0.05, 0) is 6.07 Å². The molecule has 15 heavy (non-hydrogen) atoms. The van der Waals surface area contributed by atoms with Gasteiger partial charge in [0, 0.05) is 17.5 Å². The number of para-hydroxylation sites is 1. The largest absolute Gasteiger partial charge is 0.464 e. The lowest BCUT2D eigenvalue weighted by Gasteiger charge is -2.00. The van der Waals surface area contributed by atoms with Gasteiger partial charge < -0.3 is 15.5 Å². The minimum atomic E-state index is -0.166. The Kier molecular flexibility index (Phi) is 2.69. The molecule has 2 rings (SSSR count). The summed E-state index contributed by atoms with van der Waals surface area (Å²) in [5.41, 5.74) is 6.98. The van der Waals surface area contributed by atoms with Crippen LogP contribution < -0.4 is 11.1 Å². The third kappa shape index (κ3) is 1.99. The first-order chi connectivity index (χ1) is 7.31. The van der Waals surface area contributed by atoms with E-state index in [0.717, 1.165) is 16.5 Å². The van der Waals surface area contributed by atoms with Gasteiger partial charge >= 0.3 is 0 Å². The van der Waals surface area contributed by atoms with E-state index in [9.17, 15) is 4.79 Å². The van der Waals surface area contributed by atoms with Crippen molar-refractivity contribution in [1.29, 1.82) is 0 Å². The molecule has 0 atom stereocenters. The number of amides is 1. The molecule has 78 valence electrons. The van der Waals surface area contributed by atoms with Crippen LogP contribution in [0.1, 0.15) is 5.56 Å². The number of benzene rings is 1. The van der Waals surface area contributed by atoms with Crippen molar-refractivity contribution >= 4 is 16.9 Å². The molecular formula is C11H12N2O2. The molecule has 4 heteroatoms. The van der Waals surface area contributed by atoms with Crippen LogP contribution in [-0.2, 0) is 11.3 Å². The number of furan rings is 1. The molecule has 0 saturated carbocycles. The van der Waals surface area contributed by atoms with Crippen LogP contribution in [-0.4, -0.2) is 12.5 Å². The van der Waals surface area contributed by atoms with E-state index in [1.807, 2.05) is 24.3 Å². The van der Waals surface area contributed by atoms with E-state index in [1.165, 1.54) is 0 Å². The predicted octanol–water partition coefficient (Wildman–Crippen LogP) is 1.01. The fourth-order valence-corrected chi connectivity index (χ4v) is 1.44. The average molecular weight is 204 g/mol. The van der Waals surface area contributed by atoms with Gasteiger partial charge in [-0.1, -0.05) is 18.2 Å². The van der Waals surface area contributed by atoms with Crippen molar-refractivity contribution in [2.24, 2.45) is 5.73 Å². The zero-order valence-electron chi connectivity index (χ0n) is 8.19. The highest BCUT2D eigenvalue weighted by molar-refractivity contribution is 5.82. The lowest BCUT2D eigenvalue weighted by Crippen LogP contribution is -2.29. The molecule has 1 amide bonds. The monoisotopic (exact) mass is 204 g/mol. The van der Waals surface area contributed by atoms with Crippen molar-refractivity contribution in [1.82, 2.24) is 5.32 Å². The number of rotatable bonds is 3. The standard InChI is InChI=1S/C11H12N2O2/c12-5-11(14)13-6-8-7-15-10-4-2-1-3-9(8)10/h1-4,7H,5-6,12H2,(H,13,14). The zero-order chi connectivity index (χ0) is 10.7. The van der Waals surface area contributed by atoms with Gasteiger partial charge in [-0.3, -0.25) is 4.79 Å². The Morgan fingerprint density at radius 1 is 1.40 bits per heavy atom. The van der Waals surface area contributed by atoms with E-state index in [0.29, 0.717) is 6.54 Å². The van der Waals surface area contributed by atoms with Gasteiger partial charge in [0.1, 0.15) is 5.58 Å². The summed E-state index contributed by atoms with van der Waals surface area (Å²) in [6.07, 6.45) is 1.65. The third-order valence-corrected chi connectivity index (χ3v) is 2.22. The summed E-state index contributed by atoms with van der Waals surface area (Å²) in [5, 5.41) is 3.73. The first kappa shape index (κ1) is 9.73.